The van der Waals surface area contributed by atoms with Crippen molar-refractivity contribution in [2.45, 2.75) is 6.92 Å². The zero-order valence-corrected chi connectivity index (χ0v) is 10.8. The molecule has 3 aromatic rings. The first-order valence-corrected chi connectivity index (χ1v) is 6.10. The van der Waals surface area contributed by atoms with E-state index in [1.165, 1.54) is 5.56 Å². The molecule has 0 aliphatic rings. The molecule has 0 bridgehead atoms. The van der Waals surface area contributed by atoms with E-state index in [1.807, 2.05) is 18.2 Å². The van der Waals surface area contributed by atoms with Gasteiger partial charge < -0.3 is 4.98 Å². The molecular formula is C13H10BrN3. The van der Waals surface area contributed by atoms with Crippen molar-refractivity contribution in [1.29, 1.82) is 0 Å². The first kappa shape index (κ1) is 10.5. The fourth-order valence-electron chi connectivity index (χ4n) is 1.79. The predicted octanol–water partition coefficient (Wildman–Crippen LogP) is 3.70. The standard InChI is InChI=1S/C13H10BrN3/c1-8-4-5-10(14)9(7-8)12-16-11-3-2-6-15-13(11)17-12/h2-7H,1H3,(H,15,16,17). The van der Waals surface area contributed by atoms with E-state index in [9.17, 15) is 0 Å². The zero-order valence-electron chi connectivity index (χ0n) is 9.24. The lowest BCUT2D eigenvalue weighted by atomic mass is 10.1. The van der Waals surface area contributed by atoms with Crippen molar-refractivity contribution in [2.24, 2.45) is 0 Å². The maximum Gasteiger partial charge on any atom is 0.178 e. The van der Waals surface area contributed by atoms with Gasteiger partial charge in [0, 0.05) is 16.2 Å². The molecule has 2 aromatic heterocycles. The lowest BCUT2D eigenvalue weighted by Crippen LogP contribution is -1.84. The monoisotopic (exact) mass is 287 g/mol. The van der Waals surface area contributed by atoms with Gasteiger partial charge in [-0.1, -0.05) is 27.6 Å². The molecule has 0 saturated carbocycles. The molecular weight excluding hydrogens is 278 g/mol. The average Bonchev–Trinajstić information content (AvgIpc) is 2.75. The van der Waals surface area contributed by atoms with Crippen LogP contribution in [0.3, 0.4) is 0 Å². The average molecular weight is 288 g/mol. The number of hydrogen-bond donors (Lipinski definition) is 1. The maximum atomic E-state index is 4.49. The highest BCUT2D eigenvalue weighted by molar-refractivity contribution is 9.10. The number of pyridine rings is 1. The Morgan fingerprint density at radius 3 is 2.94 bits per heavy atom. The summed E-state index contributed by atoms with van der Waals surface area (Å²) < 4.78 is 1.03. The van der Waals surface area contributed by atoms with E-state index >= 15 is 0 Å². The second-order valence-corrected chi connectivity index (χ2v) is 4.80. The number of imidazole rings is 1. The van der Waals surface area contributed by atoms with Crippen LogP contribution in [0, 0.1) is 6.92 Å². The van der Waals surface area contributed by atoms with E-state index in [0.717, 1.165) is 27.0 Å². The highest BCUT2D eigenvalue weighted by atomic mass is 79.9. The van der Waals surface area contributed by atoms with E-state index < -0.39 is 0 Å². The Morgan fingerprint density at radius 1 is 1.24 bits per heavy atom. The van der Waals surface area contributed by atoms with Gasteiger partial charge in [-0.25, -0.2) is 9.97 Å². The molecule has 17 heavy (non-hydrogen) atoms. The molecule has 0 amide bonds. The predicted molar refractivity (Wildman–Crippen MR) is 71.8 cm³/mol. The summed E-state index contributed by atoms with van der Waals surface area (Å²) in [7, 11) is 0. The molecule has 3 rings (SSSR count). The smallest absolute Gasteiger partial charge is 0.178 e. The number of hydrogen-bond acceptors (Lipinski definition) is 2. The van der Waals surface area contributed by atoms with Crippen LogP contribution in [0.5, 0.6) is 0 Å². The Labute approximate surface area is 107 Å². The van der Waals surface area contributed by atoms with E-state index in [4.69, 9.17) is 0 Å². The minimum atomic E-state index is 0.746. The number of rotatable bonds is 1. The molecule has 4 heteroatoms. The van der Waals surface area contributed by atoms with Crippen molar-refractivity contribution >= 4 is 27.1 Å². The van der Waals surface area contributed by atoms with Gasteiger partial charge in [0.2, 0.25) is 0 Å². The lowest BCUT2D eigenvalue weighted by molar-refractivity contribution is 1.29. The number of aryl methyl sites for hydroxylation is 1. The van der Waals surface area contributed by atoms with Crippen LogP contribution in [0.4, 0.5) is 0 Å². The van der Waals surface area contributed by atoms with E-state index in [2.05, 4.69) is 49.9 Å². The summed E-state index contributed by atoms with van der Waals surface area (Å²) in [4.78, 5) is 12.0. The van der Waals surface area contributed by atoms with E-state index in [0.29, 0.717) is 0 Å². The summed E-state index contributed by atoms with van der Waals surface area (Å²) in [6, 6.07) is 10.1. The molecule has 0 fully saturated rings. The maximum absolute atomic E-state index is 4.49. The molecule has 1 N–H and O–H groups in total. The number of H-pyrrole nitrogens is 1. The molecule has 84 valence electrons. The van der Waals surface area contributed by atoms with Gasteiger partial charge in [-0.3, -0.25) is 0 Å². The lowest BCUT2D eigenvalue weighted by Gasteiger charge is -2.01. The molecule has 1 aromatic carbocycles. The third-order valence-electron chi connectivity index (χ3n) is 2.63. The molecule has 2 heterocycles. The van der Waals surface area contributed by atoms with Crippen molar-refractivity contribution in [1.82, 2.24) is 15.0 Å². The van der Waals surface area contributed by atoms with Crippen molar-refractivity contribution in [2.75, 3.05) is 0 Å². The van der Waals surface area contributed by atoms with E-state index in [-0.39, 0.29) is 0 Å². The summed E-state index contributed by atoms with van der Waals surface area (Å²) in [6.07, 6.45) is 1.75. The number of aromatic nitrogens is 3. The van der Waals surface area contributed by atoms with Crippen molar-refractivity contribution in [3.63, 3.8) is 0 Å². The number of nitrogens with one attached hydrogen (secondary N) is 1. The second-order valence-electron chi connectivity index (χ2n) is 3.94. The minimum absolute atomic E-state index is 0.746. The van der Waals surface area contributed by atoms with Crippen LogP contribution in [-0.4, -0.2) is 15.0 Å². The fraction of sp³-hybridized carbons (Fsp3) is 0.0769. The molecule has 0 unspecified atom stereocenters. The Kier molecular flexibility index (Phi) is 2.44. The molecule has 0 saturated heterocycles. The minimum Gasteiger partial charge on any atom is -0.337 e. The molecule has 0 atom stereocenters. The molecule has 0 aliphatic heterocycles. The number of fused-ring (bicyclic) bond motifs is 1. The van der Waals surface area contributed by atoms with Crippen LogP contribution in [0.2, 0.25) is 0 Å². The zero-order chi connectivity index (χ0) is 11.8. The third kappa shape index (κ3) is 1.85. The number of aromatic amines is 1. The number of halogens is 1. The van der Waals surface area contributed by atoms with Gasteiger partial charge in [0.1, 0.15) is 5.82 Å². The summed E-state index contributed by atoms with van der Waals surface area (Å²) in [5, 5.41) is 0. The van der Waals surface area contributed by atoms with Gasteiger partial charge in [-0.05, 0) is 31.2 Å². The highest BCUT2D eigenvalue weighted by Gasteiger charge is 2.08. The number of benzene rings is 1. The van der Waals surface area contributed by atoms with Crippen molar-refractivity contribution < 1.29 is 0 Å². The van der Waals surface area contributed by atoms with Crippen LogP contribution in [0.15, 0.2) is 41.0 Å². The first-order valence-electron chi connectivity index (χ1n) is 5.31. The van der Waals surface area contributed by atoms with Crippen LogP contribution in [0.1, 0.15) is 5.56 Å². The van der Waals surface area contributed by atoms with Crippen molar-refractivity contribution in [3.8, 4) is 11.4 Å². The Bertz CT molecular complexity index is 655. The van der Waals surface area contributed by atoms with Gasteiger partial charge in [-0.2, -0.15) is 0 Å². The van der Waals surface area contributed by atoms with Crippen LogP contribution in [-0.2, 0) is 0 Å². The Balaban J connectivity index is 2.23. The molecule has 0 spiro atoms. The Hall–Kier alpha value is -1.68. The third-order valence-corrected chi connectivity index (χ3v) is 3.33. The summed E-state index contributed by atoms with van der Waals surface area (Å²) in [5.74, 6) is 0.842. The van der Waals surface area contributed by atoms with E-state index in [1.54, 1.807) is 6.20 Å². The van der Waals surface area contributed by atoms with Crippen molar-refractivity contribution in [3.05, 3.63) is 46.6 Å². The van der Waals surface area contributed by atoms with Gasteiger partial charge >= 0.3 is 0 Å². The second kappa shape index (κ2) is 3.96. The number of nitrogens with zero attached hydrogens (tertiary/aromatic N) is 2. The highest BCUT2D eigenvalue weighted by Crippen LogP contribution is 2.28. The van der Waals surface area contributed by atoms with Gasteiger partial charge in [0.15, 0.2) is 5.65 Å². The topological polar surface area (TPSA) is 41.6 Å². The summed E-state index contributed by atoms with van der Waals surface area (Å²) in [5.41, 5.74) is 3.96. The normalized spacial score (nSPS) is 10.9. The SMILES string of the molecule is Cc1ccc(Br)c(-c2nc3ncccc3[nH]2)c1. The largest absolute Gasteiger partial charge is 0.337 e. The quantitative estimate of drug-likeness (QED) is 0.742. The molecule has 3 nitrogen and oxygen atoms in total. The van der Waals surface area contributed by atoms with Crippen LogP contribution < -0.4 is 0 Å². The molecule has 0 radical (unpaired) electrons. The van der Waals surface area contributed by atoms with Gasteiger partial charge in [0.05, 0.1) is 5.52 Å². The van der Waals surface area contributed by atoms with Gasteiger partial charge in [0.25, 0.3) is 0 Å². The fourth-order valence-corrected chi connectivity index (χ4v) is 2.23. The summed E-state index contributed by atoms with van der Waals surface area (Å²) >= 11 is 3.54. The molecule has 0 aliphatic carbocycles. The van der Waals surface area contributed by atoms with Gasteiger partial charge in [-0.15, -0.1) is 0 Å². The van der Waals surface area contributed by atoms with Crippen LogP contribution >= 0.6 is 15.9 Å². The van der Waals surface area contributed by atoms with Crippen LogP contribution in [0.25, 0.3) is 22.6 Å². The Morgan fingerprint density at radius 2 is 2.12 bits per heavy atom. The summed E-state index contributed by atoms with van der Waals surface area (Å²) in [6.45, 7) is 2.07. The first-order chi connectivity index (χ1) is 8.24.